The molecule has 0 aromatic carbocycles. The number of aliphatic carboxylic acids is 1. The van der Waals surface area contributed by atoms with E-state index in [4.69, 9.17) is 5.11 Å². The van der Waals surface area contributed by atoms with Gasteiger partial charge in [-0.1, -0.05) is 0 Å². The molecule has 0 unspecified atom stereocenters. The maximum Gasteiger partial charge on any atom is 0.330 e. The molecule has 0 aliphatic rings. The van der Waals surface area contributed by atoms with Crippen LogP contribution in [0.4, 0.5) is 0 Å². The molecular formula is C8H14N2O4S. The van der Waals surface area contributed by atoms with E-state index in [0.29, 0.717) is 0 Å². The first-order chi connectivity index (χ1) is 6.78. The monoisotopic (exact) mass is 234 g/mol. The highest BCUT2D eigenvalue weighted by Crippen LogP contribution is 2.11. The van der Waals surface area contributed by atoms with Crippen LogP contribution in [0.25, 0.3) is 0 Å². The zero-order valence-corrected chi connectivity index (χ0v) is 9.60. The molecule has 1 atom stereocenters. The Balaban J connectivity index is 4.32. The number of hydrogen-bond acceptors (Lipinski definition) is 4. The SMILES string of the molecule is CC(=O)NSC[C@](C)(NC(C)=O)C(=O)O. The van der Waals surface area contributed by atoms with Gasteiger partial charge in [0.1, 0.15) is 5.54 Å². The van der Waals surface area contributed by atoms with Gasteiger partial charge >= 0.3 is 5.97 Å². The summed E-state index contributed by atoms with van der Waals surface area (Å²) in [6.45, 7) is 3.94. The first-order valence-electron chi connectivity index (χ1n) is 4.18. The summed E-state index contributed by atoms with van der Waals surface area (Å²) in [4.78, 5) is 32.2. The minimum atomic E-state index is -1.38. The van der Waals surface area contributed by atoms with Crippen molar-refractivity contribution in [1.29, 1.82) is 0 Å². The third-order valence-electron chi connectivity index (χ3n) is 1.50. The maximum atomic E-state index is 10.9. The second kappa shape index (κ2) is 5.59. The predicted octanol–water partition coefficient (Wildman–Crippen LogP) is -0.250. The predicted molar refractivity (Wildman–Crippen MR) is 56.1 cm³/mol. The molecule has 15 heavy (non-hydrogen) atoms. The average Bonchev–Trinajstić information content (AvgIpc) is 2.01. The molecule has 0 aromatic heterocycles. The molecule has 2 amide bonds. The van der Waals surface area contributed by atoms with Gasteiger partial charge in [-0.3, -0.25) is 9.59 Å². The number of carboxylic acid groups (broad SMARTS) is 1. The van der Waals surface area contributed by atoms with Crippen LogP contribution in [0.5, 0.6) is 0 Å². The lowest BCUT2D eigenvalue weighted by atomic mass is 10.1. The van der Waals surface area contributed by atoms with Crippen LogP contribution in [0.15, 0.2) is 0 Å². The second-order valence-corrected chi connectivity index (χ2v) is 4.05. The molecule has 0 saturated heterocycles. The van der Waals surface area contributed by atoms with E-state index in [1.54, 1.807) is 0 Å². The zero-order valence-electron chi connectivity index (χ0n) is 8.79. The Labute approximate surface area is 91.9 Å². The molecule has 0 spiro atoms. The molecule has 0 rings (SSSR count). The highest BCUT2D eigenvalue weighted by Gasteiger charge is 2.34. The minimum absolute atomic E-state index is 0.0570. The lowest BCUT2D eigenvalue weighted by molar-refractivity contribution is -0.145. The normalized spacial score (nSPS) is 13.8. The van der Waals surface area contributed by atoms with E-state index in [1.165, 1.54) is 20.8 Å². The van der Waals surface area contributed by atoms with Gasteiger partial charge < -0.3 is 15.1 Å². The van der Waals surface area contributed by atoms with Gasteiger partial charge in [-0.05, 0) is 18.9 Å². The van der Waals surface area contributed by atoms with Crippen LogP contribution < -0.4 is 10.0 Å². The molecule has 86 valence electrons. The van der Waals surface area contributed by atoms with E-state index in [-0.39, 0.29) is 11.7 Å². The summed E-state index contributed by atoms with van der Waals surface area (Å²) in [6.07, 6.45) is 0. The first kappa shape index (κ1) is 13.8. The standard InChI is InChI=1S/C8H14N2O4S/c1-5(11)9-8(3,7(13)14)4-15-10-6(2)12/h4H2,1-3H3,(H,9,11)(H,10,12)(H,13,14)/t8-/m0/s1. The smallest absolute Gasteiger partial charge is 0.330 e. The molecule has 0 aromatic rings. The summed E-state index contributed by atoms with van der Waals surface area (Å²) in [5.41, 5.74) is -1.38. The quantitative estimate of drug-likeness (QED) is 0.570. The minimum Gasteiger partial charge on any atom is -0.479 e. The van der Waals surface area contributed by atoms with Gasteiger partial charge in [-0.2, -0.15) is 0 Å². The van der Waals surface area contributed by atoms with Crippen LogP contribution in [-0.4, -0.2) is 34.2 Å². The summed E-state index contributed by atoms with van der Waals surface area (Å²) >= 11 is 0.944. The van der Waals surface area contributed by atoms with Crippen LogP contribution >= 0.6 is 11.9 Å². The van der Waals surface area contributed by atoms with Crippen LogP contribution in [0.1, 0.15) is 20.8 Å². The largest absolute Gasteiger partial charge is 0.479 e. The fourth-order valence-electron chi connectivity index (χ4n) is 0.822. The van der Waals surface area contributed by atoms with Crippen molar-refractivity contribution >= 4 is 29.7 Å². The molecule has 6 nitrogen and oxygen atoms in total. The lowest BCUT2D eigenvalue weighted by Gasteiger charge is -2.24. The number of carbonyl (C=O) groups excluding carboxylic acids is 2. The van der Waals surface area contributed by atoms with Crippen molar-refractivity contribution in [2.75, 3.05) is 5.75 Å². The fourth-order valence-corrected chi connectivity index (χ4v) is 1.58. The number of carbonyl (C=O) groups is 3. The summed E-state index contributed by atoms with van der Waals surface area (Å²) in [5, 5.41) is 11.2. The highest BCUT2D eigenvalue weighted by molar-refractivity contribution is 7.98. The molecule has 3 N–H and O–H groups in total. The summed E-state index contributed by atoms with van der Waals surface area (Å²) < 4.78 is 2.39. The van der Waals surface area contributed by atoms with Crippen molar-refractivity contribution < 1.29 is 19.5 Å². The molecule has 0 heterocycles. The Morgan fingerprint density at radius 3 is 2.13 bits per heavy atom. The van der Waals surface area contributed by atoms with Crippen LogP contribution in [0.2, 0.25) is 0 Å². The Morgan fingerprint density at radius 2 is 1.80 bits per heavy atom. The maximum absolute atomic E-state index is 10.9. The van der Waals surface area contributed by atoms with Gasteiger partial charge in [-0.15, -0.1) is 0 Å². The Kier molecular flexibility index (Phi) is 5.13. The van der Waals surface area contributed by atoms with Crippen molar-refractivity contribution in [2.24, 2.45) is 0 Å². The van der Waals surface area contributed by atoms with Gasteiger partial charge in [0.25, 0.3) is 0 Å². The number of amides is 2. The van der Waals surface area contributed by atoms with Crippen LogP contribution in [0, 0.1) is 0 Å². The third-order valence-corrected chi connectivity index (χ3v) is 2.65. The molecule has 7 heteroatoms. The van der Waals surface area contributed by atoms with Gasteiger partial charge in [-0.25, -0.2) is 4.79 Å². The topological polar surface area (TPSA) is 95.5 Å². The van der Waals surface area contributed by atoms with E-state index < -0.39 is 17.4 Å². The summed E-state index contributed by atoms with van der Waals surface area (Å²) in [5.74, 6) is -1.78. The Bertz CT molecular complexity index is 282. The molecular weight excluding hydrogens is 220 g/mol. The van der Waals surface area contributed by atoms with E-state index in [1.807, 2.05) is 0 Å². The average molecular weight is 234 g/mol. The van der Waals surface area contributed by atoms with Crippen molar-refractivity contribution in [3.8, 4) is 0 Å². The summed E-state index contributed by atoms with van der Waals surface area (Å²) in [7, 11) is 0. The Hall–Kier alpha value is -1.24. The molecule has 0 radical (unpaired) electrons. The molecule has 0 saturated carbocycles. The molecule has 0 fully saturated rings. The van der Waals surface area contributed by atoms with Gasteiger partial charge in [0, 0.05) is 19.6 Å². The van der Waals surface area contributed by atoms with Crippen molar-refractivity contribution in [2.45, 2.75) is 26.3 Å². The van der Waals surface area contributed by atoms with E-state index in [9.17, 15) is 14.4 Å². The molecule has 0 aliphatic heterocycles. The highest BCUT2D eigenvalue weighted by atomic mass is 32.2. The van der Waals surface area contributed by atoms with Crippen LogP contribution in [0.3, 0.4) is 0 Å². The van der Waals surface area contributed by atoms with Crippen molar-refractivity contribution in [3.63, 3.8) is 0 Å². The zero-order chi connectivity index (χ0) is 12.1. The number of nitrogens with one attached hydrogen (secondary N) is 2. The van der Waals surface area contributed by atoms with Gasteiger partial charge in [0.15, 0.2) is 0 Å². The van der Waals surface area contributed by atoms with Gasteiger partial charge in [0.2, 0.25) is 11.8 Å². The summed E-state index contributed by atoms with van der Waals surface area (Å²) in [6, 6.07) is 0. The number of carboxylic acids is 1. The first-order valence-corrected chi connectivity index (χ1v) is 5.17. The molecule has 0 aliphatic carbocycles. The molecule has 0 bridgehead atoms. The van der Waals surface area contributed by atoms with Crippen molar-refractivity contribution in [1.82, 2.24) is 10.0 Å². The fraction of sp³-hybridized carbons (Fsp3) is 0.625. The van der Waals surface area contributed by atoms with Crippen LogP contribution in [-0.2, 0) is 14.4 Å². The van der Waals surface area contributed by atoms with E-state index in [2.05, 4.69) is 10.0 Å². The lowest BCUT2D eigenvalue weighted by Crippen LogP contribution is -2.54. The van der Waals surface area contributed by atoms with E-state index in [0.717, 1.165) is 11.9 Å². The van der Waals surface area contributed by atoms with Crippen molar-refractivity contribution in [3.05, 3.63) is 0 Å². The number of rotatable bonds is 5. The van der Waals surface area contributed by atoms with Gasteiger partial charge in [0.05, 0.1) is 0 Å². The van der Waals surface area contributed by atoms with E-state index >= 15 is 0 Å². The number of hydrogen-bond donors (Lipinski definition) is 3. The Morgan fingerprint density at radius 1 is 1.27 bits per heavy atom. The third kappa shape index (κ3) is 5.26. The second-order valence-electron chi connectivity index (χ2n) is 3.27.